The van der Waals surface area contributed by atoms with E-state index in [4.69, 9.17) is 18.9 Å². The molecule has 0 bridgehead atoms. The Hall–Kier alpha value is -2.70. The number of ether oxygens (including phenoxy) is 4. The fourth-order valence-corrected chi connectivity index (χ4v) is 4.40. The lowest BCUT2D eigenvalue weighted by Gasteiger charge is -2.43. The highest BCUT2D eigenvalue weighted by Crippen LogP contribution is 2.43. The average Bonchev–Trinajstić information content (AvgIpc) is 3.19. The Balaban J connectivity index is 1.65. The van der Waals surface area contributed by atoms with Crippen LogP contribution in [0.5, 0.6) is 0 Å². The number of aliphatic hydroxyl groups is 5. The van der Waals surface area contributed by atoms with Crippen LogP contribution >= 0.6 is 0 Å². The van der Waals surface area contributed by atoms with Crippen LogP contribution in [0.3, 0.4) is 0 Å². The van der Waals surface area contributed by atoms with Crippen LogP contribution < -0.4 is 0 Å². The highest BCUT2D eigenvalue weighted by molar-refractivity contribution is 5.19. The van der Waals surface area contributed by atoms with Gasteiger partial charge in [0.25, 0.3) is 5.79 Å². The topological polar surface area (TPSA) is 138 Å². The molecule has 0 saturated carbocycles. The molecule has 4 unspecified atom stereocenters. The Bertz CT molecular complexity index is 1120. The largest absolute Gasteiger partial charge is 0.382 e. The molecule has 0 spiro atoms. The molecule has 1 aliphatic rings. The van der Waals surface area contributed by atoms with Crippen molar-refractivity contribution in [1.29, 1.82) is 0 Å². The standard InChI is InChI=1S/C29H34O9/c1-2-23(22-16-10-5-11-17-22)38-28(33)24(30)25(31)37-26(28)29(34,36-19-21-14-8-4-9-15-21)27(32)35-18-20-12-6-3-7-13-20/h3-17,23-27,30-34H,2,18-19H2,1H3/t23?,24-,25?,26-,27?,28-,29?/m0/s1. The zero-order valence-electron chi connectivity index (χ0n) is 21.0. The molecule has 7 atom stereocenters. The molecule has 38 heavy (non-hydrogen) atoms. The van der Waals surface area contributed by atoms with E-state index in [-0.39, 0.29) is 13.2 Å². The predicted octanol–water partition coefficient (Wildman–Crippen LogP) is 2.36. The third kappa shape index (κ3) is 6.13. The highest BCUT2D eigenvalue weighted by atomic mass is 16.8. The second-order valence-electron chi connectivity index (χ2n) is 9.20. The summed E-state index contributed by atoms with van der Waals surface area (Å²) in [5.41, 5.74) is 2.02. The molecule has 0 amide bonds. The number of aliphatic hydroxyl groups excluding tert-OH is 3. The Morgan fingerprint density at radius 3 is 1.95 bits per heavy atom. The average molecular weight is 527 g/mol. The third-order valence-corrected chi connectivity index (χ3v) is 6.51. The molecule has 5 N–H and O–H groups in total. The van der Waals surface area contributed by atoms with E-state index in [2.05, 4.69) is 0 Å². The lowest BCUT2D eigenvalue weighted by molar-refractivity contribution is -0.407. The van der Waals surface area contributed by atoms with Crippen molar-refractivity contribution in [2.75, 3.05) is 0 Å². The van der Waals surface area contributed by atoms with Crippen molar-refractivity contribution in [3.8, 4) is 0 Å². The molecule has 1 saturated heterocycles. The van der Waals surface area contributed by atoms with Crippen LogP contribution in [-0.2, 0) is 32.2 Å². The van der Waals surface area contributed by atoms with Crippen LogP contribution in [0.25, 0.3) is 0 Å². The quantitative estimate of drug-likeness (QED) is 0.225. The second kappa shape index (κ2) is 12.4. The Labute approximate surface area is 221 Å². The normalized spacial score (nSPS) is 26.5. The maximum Gasteiger partial charge on any atom is 0.251 e. The lowest BCUT2D eigenvalue weighted by Crippen LogP contribution is -2.65. The third-order valence-electron chi connectivity index (χ3n) is 6.51. The fourth-order valence-electron chi connectivity index (χ4n) is 4.40. The molecule has 9 heteroatoms. The summed E-state index contributed by atoms with van der Waals surface area (Å²) in [6, 6.07) is 26.7. The maximum atomic E-state index is 11.8. The van der Waals surface area contributed by atoms with Gasteiger partial charge in [-0.2, -0.15) is 0 Å². The summed E-state index contributed by atoms with van der Waals surface area (Å²) in [5.74, 6) is -5.48. The minimum atomic E-state index is -2.78. The summed E-state index contributed by atoms with van der Waals surface area (Å²) in [6.07, 6.45) is -8.40. The summed E-state index contributed by atoms with van der Waals surface area (Å²) in [7, 11) is 0. The number of rotatable bonds is 12. The van der Waals surface area contributed by atoms with Gasteiger partial charge in [0, 0.05) is 0 Å². The van der Waals surface area contributed by atoms with Gasteiger partial charge in [0.05, 0.1) is 19.3 Å². The van der Waals surface area contributed by atoms with E-state index in [0.717, 1.165) is 0 Å². The van der Waals surface area contributed by atoms with Crippen molar-refractivity contribution >= 4 is 0 Å². The smallest absolute Gasteiger partial charge is 0.251 e. The molecular weight excluding hydrogens is 492 g/mol. The molecule has 0 radical (unpaired) electrons. The molecule has 4 rings (SSSR count). The van der Waals surface area contributed by atoms with Gasteiger partial charge in [0.15, 0.2) is 18.5 Å². The van der Waals surface area contributed by atoms with E-state index in [1.807, 2.05) is 19.1 Å². The minimum absolute atomic E-state index is 0.113. The predicted molar refractivity (Wildman–Crippen MR) is 136 cm³/mol. The van der Waals surface area contributed by atoms with Crippen LogP contribution in [0.2, 0.25) is 0 Å². The number of hydrogen-bond acceptors (Lipinski definition) is 9. The molecule has 204 valence electrons. The fraction of sp³-hybridized carbons (Fsp3) is 0.379. The summed E-state index contributed by atoms with van der Waals surface area (Å²) in [6.45, 7) is 1.48. The van der Waals surface area contributed by atoms with Gasteiger partial charge in [-0.25, -0.2) is 0 Å². The van der Waals surface area contributed by atoms with Gasteiger partial charge < -0.3 is 44.5 Å². The molecule has 1 aliphatic heterocycles. The van der Waals surface area contributed by atoms with Crippen molar-refractivity contribution in [1.82, 2.24) is 0 Å². The Morgan fingerprint density at radius 1 is 0.868 bits per heavy atom. The van der Waals surface area contributed by atoms with Crippen molar-refractivity contribution in [3.63, 3.8) is 0 Å². The molecular formula is C29H34O9. The maximum absolute atomic E-state index is 11.8. The molecule has 0 aliphatic carbocycles. The lowest BCUT2D eigenvalue weighted by atomic mass is 9.96. The monoisotopic (exact) mass is 526 g/mol. The summed E-state index contributed by atoms with van der Waals surface area (Å²) in [4.78, 5) is 0. The van der Waals surface area contributed by atoms with E-state index < -0.39 is 42.5 Å². The van der Waals surface area contributed by atoms with Crippen LogP contribution in [0, 0.1) is 0 Å². The summed E-state index contributed by atoms with van der Waals surface area (Å²) < 4.78 is 22.7. The van der Waals surface area contributed by atoms with Crippen LogP contribution in [0.4, 0.5) is 0 Å². The van der Waals surface area contributed by atoms with E-state index in [1.54, 1.807) is 78.9 Å². The van der Waals surface area contributed by atoms with Crippen molar-refractivity contribution in [3.05, 3.63) is 108 Å². The second-order valence-corrected chi connectivity index (χ2v) is 9.20. The van der Waals surface area contributed by atoms with E-state index >= 15 is 0 Å². The molecule has 3 aromatic rings. The first kappa shape index (κ1) is 28.3. The van der Waals surface area contributed by atoms with Crippen LogP contribution in [0.15, 0.2) is 91.0 Å². The van der Waals surface area contributed by atoms with Crippen molar-refractivity contribution in [2.24, 2.45) is 0 Å². The first-order valence-corrected chi connectivity index (χ1v) is 12.5. The first-order valence-electron chi connectivity index (χ1n) is 12.5. The molecule has 1 fully saturated rings. The van der Waals surface area contributed by atoms with Gasteiger partial charge in [-0.1, -0.05) is 97.9 Å². The van der Waals surface area contributed by atoms with E-state index in [9.17, 15) is 25.5 Å². The Kier molecular flexibility index (Phi) is 9.27. The van der Waals surface area contributed by atoms with E-state index in [0.29, 0.717) is 23.1 Å². The summed E-state index contributed by atoms with van der Waals surface area (Å²) in [5, 5.41) is 55.7. The van der Waals surface area contributed by atoms with E-state index in [1.165, 1.54) is 0 Å². The molecule has 0 aromatic heterocycles. The molecule has 1 heterocycles. The van der Waals surface area contributed by atoms with Crippen molar-refractivity contribution in [2.45, 2.75) is 69.0 Å². The zero-order valence-corrected chi connectivity index (χ0v) is 21.0. The van der Waals surface area contributed by atoms with Gasteiger partial charge >= 0.3 is 0 Å². The molecule has 9 nitrogen and oxygen atoms in total. The minimum Gasteiger partial charge on any atom is -0.382 e. The molecule has 3 aromatic carbocycles. The number of benzene rings is 3. The van der Waals surface area contributed by atoms with Gasteiger partial charge in [0.2, 0.25) is 12.1 Å². The van der Waals surface area contributed by atoms with Gasteiger partial charge in [0.1, 0.15) is 0 Å². The van der Waals surface area contributed by atoms with Crippen LogP contribution in [-0.4, -0.2) is 61.9 Å². The van der Waals surface area contributed by atoms with Gasteiger partial charge in [-0.05, 0) is 23.1 Å². The van der Waals surface area contributed by atoms with Crippen molar-refractivity contribution < 1.29 is 44.5 Å². The van der Waals surface area contributed by atoms with Gasteiger partial charge in [-0.3, -0.25) is 0 Å². The van der Waals surface area contributed by atoms with Crippen LogP contribution in [0.1, 0.15) is 36.1 Å². The highest BCUT2D eigenvalue weighted by Gasteiger charge is 2.67. The van der Waals surface area contributed by atoms with Gasteiger partial charge in [-0.15, -0.1) is 0 Å². The Morgan fingerprint density at radius 2 is 1.39 bits per heavy atom. The number of hydrogen-bond donors (Lipinski definition) is 5. The SMILES string of the molecule is CCC(O[C@]1(O)[C@@H](C(O)(OCc2ccccc2)C(O)OCc2ccccc2)OC(O)[C@@H]1O)c1ccccc1. The summed E-state index contributed by atoms with van der Waals surface area (Å²) >= 11 is 0. The zero-order chi connectivity index (χ0) is 27.2. The first-order chi connectivity index (χ1) is 18.3.